The Labute approximate surface area is 253 Å². The number of ether oxygens (including phenoxy) is 7. The van der Waals surface area contributed by atoms with E-state index in [0.29, 0.717) is 5.56 Å². The first kappa shape index (κ1) is 32.9. The van der Waals surface area contributed by atoms with Crippen LogP contribution < -0.4 is 0 Å². The summed E-state index contributed by atoms with van der Waals surface area (Å²) in [4.78, 5) is 41.3. The number of carbonyl (C=O) groups excluding carboxylic acids is 3. The van der Waals surface area contributed by atoms with Crippen molar-refractivity contribution in [2.75, 3.05) is 20.8 Å². The first-order valence-corrected chi connectivity index (χ1v) is 14.0. The third kappa shape index (κ3) is 7.36. The third-order valence-electron chi connectivity index (χ3n) is 7.71. The quantitative estimate of drug-likeness (QED) is 0.137. The average Bonchev–Trinajstić information content (AvgIpc) is 3.05. The molecule has 0 bridgehead atoms. The van der Waals surface area contributed by atoms with Crippen LogP contribution in [0.25, 0.3) is 10.4 Å². The van der Waals surface area contributed by atoms with Gasteiger partial charge in [-0.2, -0.15) is 0 Å². The molecule has 10 atom stereocenters. The molecule has 0 aliphatic carbocycles. The Hall–Kier alpha value is -4.04. The third-order valence-corrected chi connectivity index (χ3v) is 7.71. The van der Waals surface area contributed by atoms with E-state index in [1.807, 2.05) is 0 Å². The monoisotopic (exact) mass is 613 g/mol. The van der Waals surface area contributed by atoms with Crippen LogP contribution in [-0.2, 0) is 38.0 Å². The smallest absolute Gasteiger partial charge is 0.338 e. The molecule has 4 rings (SSSR count). The Morgan fingerprint density at radius 1 is 0.886 bits per heavy atom. The van der Waals surface area contributed by atoms with Crippen LogP contribution in [0.4, 0.5) is 0 Å². The molecule has 2 aromatic carbocycles. The molecule has 236 valence electrons. The van der Waals surface area contributed by atoms with Gasteiger partial charge < -0.3 is 38.3 Å². The number of esters is 3. The highest BCUT2D eigenvalue weighted by molar-refractivity contribution is 5.89. The minimum Gasteiger partial charge on any atom is -0.467 e. The van der Waals surface area contributed by atoms with E-state index < -0.39 is 78.9 Å². The molecule has 14 nitrogen and oxygen atoms in total. The van der Waals surface area contributed by atoms with Gasteiger partial charge in [0.25, 0.3) is 0 Å². The lowest BCUT2D eigenvalue weighted by Gasteiger charge is -2.47. The van der Waals surface area contributed by atoms with Gasteiger partial charge in [-0.25, -0.2) is 14.4 Å². The number of aliphatic hydroxyl groups is 1. The van der Waals surface area contributed by atoms with Crippen molar-refractivity contribution in [1.29, 1.82) is 0 Å². The molecule has 0 saturated carbocycles. The van der Waals surface area contributed by atoms with Gasteiger partial charge in [-0.3, -0.25) is 0 Å². The van der Waals surface area contributed by atoms with Crippen molar-refractivity contribution in [3.05, 3.63) is 82.2 Å². The van der Waals surface area contributed by atoms with E-state index in [4.69, 9.17) is 33.2 Å². The largest absolute Gasteiger partial charge is 0.467 e. The summed E-state index contributed by atoms with van der Waals surface area (Å²) in [6, 6.07) is 15.6. The Kier molecular flexibility index (Phi) is 11.3. The predicted octanol–water partition coefficient (Wildman–Crippen LogP) is 3.04. The van der Waals surface area contributed by atoms with Gasteiger partial charge in [-0.15, -0.1) is 0 Å². The van der Waals surface area contributed by atoms with Crippen molar-refractivity contribution >= 4 is 17.9 Å². The number of rotatable bonds is 10. The van der Waals surface area contributed by atoms with Crippen LogP contribution in [-0.4, -0.2) is 93.0 Å². The summed E-state index contributed by atoms with van der Waals surface area (Å²) in [6.07, 6.45) is -8.53. The lowest BCUT2D eigenvalue weighted by molar-refractivity contribution is -0.327. The fourth-order valence-electron chi connectivity index (χ4n) is 5.21. The van der Waals surface area contributed by atoms with Gasteiger partial charge in [0.05, 0.1) is 36.5 Å². The molecule has 1 N–H and O–H groups in total. The Morgan fingerprint density at radius 2 is 1.50 bits per heavy atom. The van der Waals surface area contributed by atoms with Crippen LogP contribution in [0.5, 0.6) is 0 Å². The molecule has 2 saturated heterocycles. The van der Waals surface area contributed by atoms with Gasteiger partial charge in [0.1, 0.15) is 12.7 Å². The molecule has 0 aromatic heterocycles. The van der Waals surface area contributed by atoms with Crippen LogP contribution in [0, 0.1) is 11.8 Å². The number of aliphatic hydroxyl groups excluding tert-OH is 1. The second kappa shape index (κ2) is 15.1. The Balaban J connectivity index is 1.64. The number of azide groups is 1. The van der Waals surface area contributed by atoms with Crippen LogP contribution >= 0.6 is 0 Å². The van der Waals surface area contributed by atoms with Crippen molar-refractivity contribution in [3.8, 4) is 0 Å². The molecule has 2 aliphatic rings. The van der Waals surface area contributed by atoms with Crippen LogP contribution in [0.3, 0.4) is 0 Å². The van der Waals surface area contributed by atoms with E-state index in [0.717, 1.165) is 7.11 Å². The van der Waals surface area contributed by atoms with E-state index >= 15 is 0 Å². The van der Waals surface area contributed by atoms with Crippen molar-refractivity contribution in [2.45, 2.75) is 63.0 Å². The maximum atomic E-state index is 13.1. The van der Waals surface area contributed by atoms with Crippen molar-refractivity contribution in [1.82, 2.24) is 0 Å². The molecule has 14 heteroatoms. The maximum Gasteiger partial charge on any atom is 0.338 e. The van der Waals surface area contributed by atoms with Gasteiger partial charge in [-0.05, 0) is 35.7 Å². The van der Waals surface area contributed by atoms with E-state index in [2.05, 4.69) is 10.0 Å². The number of methoxy groups -OCH3 is 2. The van der Waals surface area contributed by atoms with Crippen molar-refractivity contribution in [3.63, 3.8) is 0 Å². The molecular weight excluding hydrogens is 578 g/mol. The number of benzene rings is 2. The zero-order chi connectivity index (χ0) is 31.8. The minimum atomic E-state index is -1.47. The highest BCUT2D eigenvalue weighted by atomic mass is 16.7. The molecular formula is C30H35N3O11. The lowest BCUT2D eigenvalue weighted by atomic mass is 9.87. The summed E-state index contributed by atoms with van der Waals surface area (Å²) in [7, 11) is 2.52. The molecule has 2 fully saturated rings. The van der Waals surface area contributed by atoms with E-state index in [1.165, 1.54) is 7.11 Å². The first-order chi connectivity index (χ1) is 21.2. The van der Waals surface area contributed by atoms with E-state index in [9.17, 15) is 25.0 Å². The maximum absolute atomic E-state index is 13.1. The summed E-state index contributed by atoms with van der Waals surface area (Å²) in [6.45, 7) is 2.99. The number of hydrogen-bond donors (Lipinski definition) is 1. The zero-order valence-corrected chi connectivity index (χ0v) is 24.6. The summed E-state index contributed by atoms with van der Waals surface area (Å²) in [5.41, 5.74) is 9.80. The van der Waals surface area contributed by atoms with Crippen LogP contribution in [0.1, 0.15) is 34.6 Å². The summed E-state index contributed by atoms with van der Waals surface area (Å²) in [5, 5.41) is 14.8. The number of carbonyl (C=O) groups is 3. The average molecular weight is 614 g/mol. The van der Waals surface area contributed by atoms with Crippen molar-refractivity contribution in [2.24, 2.45) is 17.0 Å². The van der Waals surface area contributed by atoms with Gasteiger partial charge >= 0.3 is 17.9 Å². The Bertz CT molecular complexity index is 1320. The number of hydrogen-bond acceptors (Lipinski definition) is 12. The molecule has 44 heavy (non-hydrogen) atoms. The van der Waals surface area contributed by atoms with E-state index in [1.54, 1.807) is 74.5 Å². The summed E-state index contributed by atoms with van der Waals surface area (Å²) >= 11 is 0. The topological polar surface area (TPSA) is 185 Å². The van der Waals surface area contributed by atoms with Crippen molar-refractivity contribution < 1.29 is 52.6 Å². The molecule has 0 radical (unpaired) electrons. The highest BCUT2D eigenvalue weighted by Gasteiger charge is 2.53. The van der Waals surface area contributed by atoms with Gasteiger partial charge in [0, 0.05) is 17.9 Å². The number of nitrogens with zero attached hydrogens (tertiary/aromatic N) is 3. The highest BCUT2D eigenvalue weighted by Crippen LogP contribution is 2.36. The zero-order valence-electron chi connectivity index (χ0n) is 24.6. The van der Waals surface area contributed by atoms with Crippen LogP contribution in [0.15, 0.2) is 65.8 Å². The summed E-state index contributed by atoms with van der Waals surface area (Å²) in [5.74, 6) is -3.68. The van der Waals surface area contributed by atoms with Gasteiger partial charge in [0.2, 0.25) is 0 Å². The normalized spacial score (nSPS) is 31.7. The fourth-order valence-corrected chi connectivity index (χ4v) is 5.21. The van der Waals surface area contributed by atoms with Gasteiger partial charge in [-0.1, -0.05) is 55.4 Å². The minimum absolute atomic E-state index is 0.245. The van der Waals surface area contributed by atoms with Gasteiger partial charge in [0.15, 0.2) is 24.8 Å². The van der Waals surface area contributed by atoms with E-state index in [-0.39, 0.29) is 12.2 Å². The standard InChI is InChI=1S/C30H35N3O11/c1-16-21(32-33-31)29(39-4)41-20(15-40-26(35)18-11-7-5-8-12-18)23(16)43-30-24(42-27(36)19-13-9-6-10-14-19)17(2)22(34)25(44-30)28(37)38-3/h5-14,16-17,20-25,29-30,34H,15H2,1-4H3/t16-,17+,20?,21?,22+,23+,24?,25?,29+,30-/m1/s1. The first-order valence-electron chi connectivity index (χ1n) is 14.0. The predicted molar refractivity (Wildman–Crippen MR) is 151 cm³/mol. The molecule has 0 amide bonds. The van der Waals surface area contributed by atoms with Crippen LogP contribution in [0.2, 0.25) is 0 Å². The SMILES string of the molecule is COC(=O)C1O[C@@H](O[C@@H]2C(COC(=O)c3ccccc3)O[C@H](OC)C(N=[N+]=[N-])[C@H]2C)C(OC(=O)c2ccccc2)[C@@H](C)[C@@H]1O. The summed E-state index contributed by atoms with van der Waals surface area (Å²) < 4.78 is 39.9. The fraction of sp³-hybridized carbons (Fsp3) is 0.500. The molecule has 2 aliphatic heterocycles. The lowest BCUT2D eigenvalue weighted by Crippen LogP contribution is -2.62. The molecule has 0 spiro atoms. The molecule has 4 unspecified atom stereocenters. The molecule has 2 aromatic rings. The second-order valence-electron chi connectivity index (χ2n) is 10.4. The second-order valence-corrected chi connectivity index (χ2v) is 10.4. The molecule has 2 heterocycles. The Morgan fingerprint density at radius 3 is 2.07 bits per heavy atom.